The van der Waals surface area contributed by atoms with Gasteiger partial charge in [0.05, 0.1) is 17.6 Å². The zero-order chi connectivity index (χ0) is 14.5. The molecule has 2 N–H and O–H groups in total. The summed E-state index contributed by atoms with van der Waals surface area (Å²) in [6.45, 7) is 2.11. The second-order valence-electron chi connectivity index (χ2n) is 4.72. The molecule has 0 radical (unpaired) electrons. The Kier molecular flexibility index (Phi) is 4.92. The predicted octanol–water partition coefficient (Wildman–Crippen LogP) is 1.49. The molecular weight excluding hydrogens is 264 g/mol. The molecular formula is C13H18N2O3S. The van der Waals surface area contributed by atoms with Gasteiger partial charge in [-0.2, -0.15) is 5.26 Å². The molecule has 19 heavy (non-hydrogen) atoms. The van der Waals surface area contributed by atoms with Gasteiger partial charge in [0, 0.05) is 6.26 Å². The summed E-state index contributed by atoms with van der Waals surface area (Å²) in [6.07, 6.45) is 2.37. The van der Waals surface area contributed by atoms with Gasteiger partial charge in [-0.25, -0.2) is 8.42 Å². The van der Waals surface area contributed by atoms with Gasteiger partial charge in [0.1, 0.15) is 11.3 Å². The van der Waals surface area contributed by atoms with E-state index in [9.17, 15) is 8.42 Å². The van der Waals surface area contributed by atoms with Crippen molar-refractivity contribution in [3.8, 4) is 11.8 Å². The van der Waals surface area contributed by atoms with Gasteiger partial charge >= 0.3 is 0 Å². The Balaban J connectivity index is 2.46. The van der Waals surface area contributed by atoms with E-state index in [1.165, 1.54) is 12.1 Å². The van der Waals surface area contributed by atoms with Crippen LogP contribution in [0.5, 0.6) is 5.75 Å². The largest absolute Gasteiger partial charge is 0.494 e. The van der Waals surface area contributed by atoms with E-state index in [2.05, 4.69) is 0 Å². The lowest BCUT2D eigenvalue weighted by molar-refractivity contribution is 0.296. The van der Waals surface area contributed by atoms with Crippen molar-refractivity contribution in [2.75, 3.05) is 12.9 Å². The van der Waals surface area contributed by atoms with E-state index in [1.807, 2.05) is 6.07 Å². The molecule has 6 heteroatoms. The smallest absolute Gasteiger partial charge is 0.175 e. The van der Waals surface area contributed by atoms with Crippen LogP contribution in [0.15, 0.2) is 29.2 Å². The van der Waals surface area contributed by atoms with Crippen molar-refractivity contribution in [2.24, 2.45) is 5.73 Å². The fourth-order valence-corrected chi connectivity index (χ4v) is 2.10. The summed E-state index contributed by atoms with van der Waals surface area (Å²) >= 11 is 0. The quantitative estimate of drug-likeness (QED) is 0.798. The van der Waals surface area contributed by atoms with Crippen LogP contribution in [0.4, 0.5) is 0 Å². The number of nitriles is 1. The number of hydrogen-bond acceptors (Lipinski definition) is 5. The number of sulfone groups is 1. The van der Waals surface area contributed by atoms with Crippen molar-refractivity contribution >= 4 is 9.84 Å². The van der Waals surface area contributed by atoms with E-state index in [0.717, 1.165) is 6.26 Å². The third-order valence-corrected chi connectivity index (χ3v) is 3.74. The van der Waals surface area contributed by atoms with Gasteiger partial charge in [-0.15, -0.1) is 0 Å². The van der Waals surface area contributed by atoms with Gasteiger partial charge in [-0.1, -0.05) is 0 Å². The van der Waals surface area contributed by atoms with Crippen LogP contribution >= 0.6 is 0 Å². The number of nitrogens with two attached hydrogens (primary N) is 1. The molecule has 1 unspecified atom stereocenters. The molecule has 0 saturated heterocycles. The summed E-state index contributed by atoms with van der Waals surface area (Å²) in [5, 5.41) is 8.74. The Hall–Kier alpha value is -1.58. The maximum atomic E-state index is 11.3. The Labute approximate surface area is 113 Å². The highest BCUT2D eigenvalue weighted by Crippen LogP contribution is 2.16. The average Bonchev–Trinajstić information content (AvgIpc) is 2.34. The highest BCUT2D eigenvalue weighted by atomic mass is 32.2. The first kappa shape index (κ1) is 15.5. The molecule has 0 spiro atoms. The maximum absolute atomic E-state index is 11.3. The van der Waals surface area contributed by atoms with Gasteiger partial charge in [-0.05, 0) is 44.0 Å². The van der Waals surface area contributed by atoms with E-state index in [0.29, 0.717) is 25.2 Å². The normalized spacial score (nSPS) is 14.4. The fourth-order valence-electron chi connectivity index (χ4n) is 1.47. The lowest BCUT2D eigenvalue weighted by atomic mass is 10.00. The van der Waals surface area contributed by atoms with Crippen LogP contribution in [-0.4, -0.2) is 26.8 Å². The Morgan fingerprint density at radius 3 is 2.42 bits per heavy atom. The molecule has 0 aliphatic carbocycles. The van der Waals surface area contributed by atoms with Crippen LogP contribution in [-0.2, 0) is 9.84 Å². The molecule has 0 saturated carbocycles. The van der Waals surface area contributed by atoms with Gasteiger partial charge in [0.15, 0.2) is 9.84 Å². The van der Waals surface area contributed by atoms with Gasteiger partial charge in [0.2, 0.25) is 0 Å². The first-order chi connectivity index (χ1) is 8.74. The average molecular weight is 282 g/mol. The summed E-state index contributed by atoms with van der Waals surface area (Å²) in [5.41, 5.74) is 4.85. The molecule has 0 aromatic heterocycles. The topological polar surface area (TPSA) is 93.2 Å². The lowest BCUT2D eigenvalue weighted by Gasteiger charge is -2.14. The molecule has 5 nitrogen and oxygen atoms in total. The first-order valence-electron chi connectivity index (χ1n) is 5.88. The molecule has 0 heterocycles. The Morgan fingerprint density at radius 1 is 1.37 bits per heavy atom. The molecule has 0 aliphatic heterocycles. The van der Waals surface area contributed by atoms with E-state index in [1.54, 1.807) is 19.1 Å². The van der Waals surface area contributed by atoms with Crippen LogP contribution in [0, 0.1) is 11.3 Å². The van der Waals surface area contributed by atoms with Crippen molar-refractivity contribution in [1.29, 1.82) is 5.26 Å². The third kappa shape index (κ3) is 5.28. The number of nitrogens with zero attached hydrogens (tertiary/aromatic N) is 1. The van der Waals surface area contributed by atoms with Crippen LogP contribution in [0.25, 0.3) is 0 Å². The number of ether oxygens (including phenoxy) is 1. The minimum absolute atomic E-state index is 0.263. The number of benzene rings is 1. The molecule has 1 aromatic rings. The van der Waals surface area contributed by atoms with E-state index < -0.39 is 15.4 Å². The van der Waals surface area contributed by atoms with Crippen LogP contribution in [0.3, 0.4) is 0 Å². The van der Waals surface area contributed by atoms with E-state index in [-0.39, 0.29) is 4.90 Å². The van der Waals surface area contributed by atoms with E-state index in [4.69, 9.17) is 15.7 Å². The summed E-state index contributed by atoms with van der Waals surface area (Å²) in [7, 11) is -3.18. The van der Waals surface area contributed by atoms with Crippen molar-refractivity contribution in [2.45, 2.75) is 30.2 Å². The van der Waals surface area contributed by atoms with Crippen molar-refractivity contribution in [1.82, 2.24) is 0 Å². The molecule has 1 aromatic carbocycles. The van der Waals surface area contributed by atoms with Crippen molar-refractivity contribution < 1.29 is 13.2 Å². The summed E-state index contributed by atoms with van der Waals surface area (Å²) < 4.78 is 28.0. The maximum Gasteiger partial charge on any atom is 0.175 e. The highest BCUT2D eigenvalue weighted by molar-refractivity contribution is 7.90. The molecule has 0 fully saturated rings. The summed E-state index contributed by atoms with van der Waals surface area (Å²) in [4.78, 5) is 0.263. The molecule has 104 valence electrons. The monoisotopic (exact) mass is 282 g/mol. The van der Waals surface area contributed by atoms with Gasteiger partial charge in [-0.3, -0.25) is 0 Å². The van der Waals surface area contributed by atoms with Crippen molar-refractivity contribution in [3.05, 3.63) is 24.3 Å². The van der Waals surface area contributed by atoms with E-state index >= 15 is 0 Å². The third-order valence-electron chi connectivity index (χ3n) is 2.62. The molecule has 1 atom stereocenters. The lowest BCUT2D eigenvalue weighted by Crippen LogP contribution is -2.34. The van der Waals surface area contributed by atoms with Gasteiger partial charge in [0.25, 0.3) is 0 Å². The second-order valence-corrected chi connectivity index (χ2v) is 6.74. The summed E-state index contributed by atoms with van der Waals surface area (Å²) in [5.74, 6) is 0.600. The SMILES string of the molecule is CC(N)(C#N)CCCOc1ccc(S(C)(=O)=O)cc1. The standard InChI is InChI=1S/C13H18N2O3S/c1-13(15,10-14)8-3-9-18-11-4-6-12(7-5-11)19(2,16)17/h4-7H,3,8-9,15H2,1-2H3. The second kappa shape index (κ2) is 6.04. The minimum Gasteiger partial charge on any atom is -0.494 e. The Bertz CT molecular complexity index is 557. The van der Waals surface area contributed by atoms with Crippen LogP contribution < -0.4 is 10.5 Å². The molecule has 0 aliphatic rings. The first-order valence-corrected chi connectivity index (χ1v) is 7.77. The zero-order valence-electron chi connectivity index (χ0n) is 11.1. The van der Waals surface area contributed by atoms with Gasteiger partial charge < -0.3 is 10.5 Å². The predicted molar refractivity (Wildman–Crippen MR) is 72.5 cm³/mol. The number of hydrogen-bond donors (Lipinski definition) is 1. The molecule has 0 amide bonds. The summed E-state index contributed by atoms with van der Waals surface area (Å²) in [6, 6.07) is 8.26. The molecule has 1 rings (SSSR count). The van der Waals surface area contributed by atoms with Crippen LogP contribution in [0.2, 0.25) is 0 Å². The highest BCUT2D eigenvalue weighted by Gasteiger charge is 2.16. The number of rotatable bonds is 6. The molecule has 0 bridgehead atoms. The van der Waals surface area contributed by atoms with Crippen molar-refractivity contribution in [3.63, 3.8) is 0 Å². The zero-order valence-corrected chi connectivity index (χ0v) is 11.9. The Morgan fingerprint density at radius 2 is 1.95 bits per heavy atom. The fraction of sp³-hybridized carbons (Fsp3) is 0.462. The minimum atomic E-state index is -3.18. The van der Waals surface area contributed by atoms with Crippen LogP contribution in [0.1, 0.15) is 19.8 Å².